The van der Waals surface area contributed by atoms with Gasteiger partial charge in [0.1, 0.15) is 0 Å². The fourth-order valence-electron chi connectivity index (χ4n) is 2.65. The highest BCUT2D eigenvalue weighted by Gasteiger charge is 2.30. The predicted octanol–water partition coefficient (Wildman–Crippen LogP) is 5.87. The first kappa shape index (κ1) is 21.5. The van der Waals surface area contributed by atoms with Crippen molar-refractivity contribution in [3.8, 4) is 0 Å². The minimum atomic E-state index is -4.48. The molecule has 0 bridgehead atoms. The van der Waals surface area contributed by atoms with Crippen molar-refractivity contribution in [2.75, 3.05) is 10.6 Å². The molecular formula is C21H23F3N2O2. The van der Waals surface area contributed by atoms with Gasteiger partial charge in [-0.3, -0.25) is 9.59 Å². The number of unbranched alkanes of at least 4 members (excludes halogenated alkanes) is 3. The predicted molar refractivity (Wildman–Crippen MR) is 103 cm³/mol. The molecule has 7 heteroatoms. The number of nitrogens with one attached hydrogen (secondary N) is 2. The Balaban J connectivity index is 1.99. The highest BCUT2D eigenvalue weighted by atomic mass is 19.4. The Hall–Kier alpha value is -2.83. The van der Waals surface area contributed by atoms with Gasteiger partial charge in [-0.2, -0.15) is 13.2 Å². The maximum Gasteiger partial charge on any atom is 0.416 e. The summed E-state index contributed by atoms with van der Waals surface area (Å²) >= 11 is 0. The molecule has 0 radical (unpaired) electrons. The molecular weight excluding hydrogens is 369 g/mol. The SMILES string of the molecule is CCCCCCC(=O)Nc1cccc(C(=O)Nc2cccc(C(F)(F)F)c2)c1. The fraction of sp³-hybridized carbons (Fsp3) is 0.333. The van der Waals surface area contributed by atoms with Gasteiger partial charge in [0.25, 0.3) is 5.91 Å². The zero-order valence-corrected chi connectivity index (χ0v) is 15.6. The molecule has 2 aromatic carbocycles. The van der Waals surface area contributed by atoms with Gasteiger partial charge < -0.3 is 10.6 Å². The molecule has 0 unspecified atom stereocenters. The van der Waals surface area contributed by atoms with Crippen LogP contribution in [0, 0.1) is 0 Å². The molecule has 2 aromatic rings. The molecule has 0 aliphatic rings. The van der Waals surface area contributed by atoms with Gasteiger partial charge in [-0.25, -0.2) is 0 Å². The Morgan fingerprint density at radius 1 is 0.893 bits per heavy atom. The molecule has 0 saturated heterocycles. The van der Waals surface area contributed by atoms with Crippen LogP contribution in [0.5, 0.6) is 0 Å². The summed E-state index contributed by atoms with van der Waals surface area (Å²) in [7, 11) is 0. The zero-order valence-electron chi connectivity index (χ0n) is 15.6. The topological polar surface area (TPSA) is 58.2 Å². The van der Waals surface area contributed by atoms with Gasteiger partial charge in [-0.15, -0.1) is 0 Å². The number of alkyl halides is 3. The van der Waals surface area contributed by atoms with Crippen LogP contribution < -0.4 is 10.6 Å². The summed E-state index contributed by atoms with van der Waals surface area (Å²) in [5.74, 6) is -0.690. The third-order valence-electron chi connectivity index (χ3n) is 4.11. The van der Waals surface area contributed by atoms with E-state index >= 15 is 0 Å². The molecule has 0 fully saturated rings. The van der Waals surface area contributed by atoms with E-state index < -0.39 is 17.6 Å². The molecule has 0 saturated carbocycles. The number of benzene rings is 2. The molecule has 0 spiro atoms. The van der Waals surface area contributed by atoms with Crippen LogP contribution in [0.3, 0.4) is 0 Å². The molecule has 0 heterocycles. The monoisotopic (exact) mass is 392 g/mol. The summed E-state index contributed by atoms with van der Waals surface area (Å²) in [6.45, 7) is 2.09. The van der Waals surface area contributed by atoms with E-state index in [1.807, 2.05) is 0 Å². The standard InChI is InChI=1S/C21H23F3N2O2/c1-2-3-4-5-12-19(27)25-17-10-6-8-15(13-17)20(28)26-18-11-7-9-16(14-18)21(22,23)24/h6-11,13-14H,2-5,12H2,1H3,(H,25,27)(H,26,28). The maximum absolute atomic E-state index is 12.8. The van der Waals surface area contributed by atoms with Crippen molar-refractivity contribution in [3.63, 3.8) is 0 Å². The van der Waals surface area contributed by atoms with Gasteiger partial charge in [0.05, 0.1) is 5.56 Å². The molecule has 2 amide bonds. The molecule has 0 aliphatic carbocycles. The van der Waals surface area contributed by atoms with Gasteiger partial charge in [-0.1, -0.05) is 38.3 Å². The van der Waals surface area contributed by atoms with E-state index in [9.17, 15) is 22.8 Å². The first-order valence-corrected chi connectivity index (χ1v) is 9.18. The summed E-state index contributed by atoms with van der Waals surface area (Å²) in [5.41, 5.74) is -0.0852. The van der Waals surface area contributed by atoms with Crippen LogP contribution >= 0.6 is 0 Å². The molecule has 0 aromatic heterocycles. The van der Waals surface area contributed by atoms with Crippen molar-refractivity contribution in [1.82, 2.24) is 0 Å². The summed E-state index contributed by atoms with van der Waals surface area (Å²) in [6, 6.07) is 10.7. The van der Waals surface area contributed by atoms with Crippen molar-refractivity contribution in [2.24, 2.45) is 0 Å². The molecule has 4 nitrogen and oxygen atoms in total. The lowest BCUT2D eigenvalue weighted by atomic mass is 10.1. The Bertz CT molecular complexity index is 819. The smallest absolute Gasteiger partial charge is 0.326 e. The minimum absolute atomic E-state index is 0.0465. The third kappa shape index (κ3) is 6.72. The van der Waals surface area contributed by atoms with Crippen LogP contribution in [0.4, 0.5) is 24.5 Å². The number of rotatable bonds is 8. The lowest BCUT2D eigenvalue weighted by molar-refractivity contribution is -0.137. The Morgan fingerprint density at radius 2 is 1.57 bits per heavy atom. The molecule has 28 heavy (non-hydrogen) atoms. The quantitative estimate of drug-likeness (QED) is 0.552. The first-order chi connectivity index (χ1) is 13.3. The summed E-state index contributed by atoms with van der Waals surface area (Å²) in [5, 5.41) is 5.19. The number of carbonyl (C=O) groups excluding carboxylic acids is 2. The normalized spacial score (nSPS) is 11.1. The highest BCUT2D eigenvalue weighted by molar-refractivity contribution is 6.05. The number of anilines is 2. The van der Waals surface area contributed by atoms with Gasteiger partial charge in [0.2, 0.25) is 5.91 Å². The second kappa shape index (κ2) is 9.92. The second-order valence-corrected chi connectivity index (χ2v) is 6.47. The summed E-state index contributed by atoms with van der Waals surface area (Å²) in [4.78, 5) is 24.3. The fourth-order valence-corrected chi connectivity index (χ4v) is 2.65. The van der Waals surface area contributed by atoms with E-state index in [2.05, 4.69) is 17.6 Å². The largest absolute Gasteiger partial charge is 0.416 e. The lowest BCUT2D eigenvalue weighted by Gasteiger charge is -2.11. The maximum atomic E-state index is 12.8. The highest BCUT2D eigenvalue weighted by Crippen LogP contribution is 2.30. The zero-order chi connectivity index (χ0) is 20.6. The third-order valence-corrected chi connectivity index (χ3v) is 4.11. The number of hydrogen-bond acceptors (Lipinski definition) is 2. The van der Waals surface area contributed by atoms with Gasteiger partial charge in [0.15, 0.2) is 0 Å². The lowest BCUT2D eigenvalue weighted by Crippen LogP contribution is -2.15. The van der Waals surface area contributed by atoms with Crippen LogP contribution in [-0.4, -0.2) is 11.8 Å². The van der Waals surface area contributed by atoms with Gasteiger partial charge >= 0.3 is 6.18 Å². The van der Waals surface area contributed by atoms with Crippen molar-refractivity contribution in [3.05, 3.63) is 59.7 Å². The van der Waals surface area contributed by atoms with Crippen LogP contribution in [-0.2, 0) is 11.0 Å². The molecule has 2 rings (SSSR count). The number of carbonyl (C=O) groups is 2. The Morgan fingerprint density at radius 3 is 2.25 bits per heavy atom. The van der Waals surface area contributed by atoms with Crippen molar-refractivity contribution in [1.29, 1.82) is 0 Å². The number of amides is 2. The Labute approximate surface area is 162 Å². The van der Waals surface area contributed by atoms with Crippen LogP contribution in [0.1, 0.15) is 54.9 Å². The summed E-state index contributed by atoms with van der Waals surface area (Å²) < 4.78 is 38.3. The van der Waals surface area contributed by atoms with Gasteiger partial charge in [-0.05, 0) is 42.8 Å². The average Bonchev–Trinajstić information content (AvgIpc) is 2.65. The van der Waals surface area contributed by atoms with E-state index in [0.717, 1.165) is 37.8 Å². The van der Waals surface area contributed by atoms with Crippen LogP contribution in [0.25, 0.3) is 0 Å². The van der Waals surface area contributed by atoms with E-state index in [0.29, 0.717) is 12.1 Å². The Kier molecular flexibility index (Phi) is 7.61. The van der Waals surface area contributed by atoms with E-state index in [1.54, 1.807) is 12.1 Å². The minimum Gasteiger partial charge on any atom is -0.326 e. The average molecular weight is 392 g/mol. The summed E-state index contributed by atoms with van der Waals surface area (Å²) in [6.07, 6.45) is -0.120. The van der Waals surface area contributed by atoms with Crippen molar-refractivity contribution < 1.29 is 22.8 Å². The van der Waals surface area contributed by atoms with Crippen molar-refractivity contribution in [2.45, 2.75) is 45.2 Å². The molecule has 0 aliphatic heterocycles. The van der Waals surface area contributed by atoms with Crippen molar-refractivity contribution >= 4 is 23.2 Å². The van der Waals surface area contributed by atoms with Gasteiger partial charge in [0, 0.05) is 23.4 Å². The van der Waals surface area contributed by atoms with E-state index in [1.165, 1.54) is 24.3 Å². The van der Waals surface area contributed by atoms with E-state index in [4.69, 9.17) is 0 Å². The van der Waals surface area contributed by atoms with E-state index in [-0.39, 0.29) is 17.2 Å². The number of halogens is 3. The molecule has 0 atom stereocenters. The first-order valence-electron chi connectivity index (χ1n) is 9.18. The second-order valence-electron chi connectivity index (χ2n) is 6.47. The molecule has 2 N–H and O–H groups in total. The van der Waals surface area contributed by atoms with Crippen LogP contribution in [0.15, 0.2) is 48.5 Å². The number of hydrogen-bond donors (Lipinski definition) is 2. The molecule has 150 valence electrons. The van der Waals surface area contributed by atoms with Crippen LogP contribution in [0.2, 0.25) is 0 Å².